The zero-order valence-electron chi connectivity index (χ0n) is 10.8. The number of hydrogen-bond acceptors (Lipinski definition) is 3. The first-order valence-corrected chi connectivity index (χ1v) is 7.07. The van der Waals surface area contributed by atoms with Gasteiger partial charge in [0.25, 0.3) is 5.91 Å². The monoisotopic (exact) mass is 273 g/mol. The highest BCUT2D eigenvalue weighted by Crippen LogP contribution is 2.21. The van der Waals surface area contributed by atoms with Gasteiger partial charge >= 0.3 is 0 Å². The predicted octanol–water partition coefficient (Wildman–Crippen LogP) is 3.67. The van der Waals surface area contributed by atoms with Gasteiger partial charge in [-0.3, -0.25) is 4.79 Å². The molecule has 0 spiro atoms. The number of anilines is 1. The van der Waals surface area contributed by atoms with Crippen LogP contribution < -0.4 is 5.32 Å². The van der Waals surface area contributed by atoms with Gasteiger partial charge < -0.3 is 10.4 Å². The Morgan fingerprint density at radius 2 is 1.84 bits per heavy atom. The van der Waals surface area contributed by atoms with Crippen LogP contribution in [0.5, 0.6) is 5.75 Å². The largest absolute Gasteiger partial charge is 0.508 e. The Morgan fingerprint density at radius 1 is 1.16 bits per heavy atom. The van der Waals surface area contributed by atoms with Crippen LogP contribution in [-0.4, -0.2) is 17.3 Å². The number of aromatic hydroxyl groups is 1. The van der Waals surface area contributed by atoms with Crippen LogP contribution in [0, 0.1) is 6.92 Å². The molecule has 0 saturated carbocycles. The van der Waals surface area contributed by atoms with E-state index in [1.807, 2.05) is 25.3 Å². The van der Waals surface area contributed by atoms with Crippen LogP contribution in [0.4, 0.5) is 5.69 Å². The van der Waals surface area contributed by atoms with E-state index in [4.69, 9.17) is 0 Å². The number of phenolic OH excluding ortho intramolecular Hbond substituents is 1. The molecule has 4 heteroatoms. The number of nitrogens with one attached hydrogen (secondary N) is 1. The van der Waals surface area contributed by atoms with E-state index >= 15 is 0 Å². The summed E-state index contributed by atoms with van der Waals surface area (Å²) in [5.74, 6) is 0.0428. The second-order valence-corrected chi connectivity index (χ2v) is 5.06. The Labute approximate surface area is 116 Å². The standard InChI is InChI=1S/C15H15NO2S/c1-10-9-12(17)5-8-14(10)16-15(18)11-3-6-13(19-2)7-4-11/h3-9,17H,1-2H3,(H,16,18). The minimum atomic E-state index is -0.151. The van der Waals surface area contributed by atoms with Crippen LogP contribution in [0.1, 0.15) is 15.9 Å². The lowest BCUT2D eigenvalue weighted by atomic mass is 10.1. The third kappa shape index (κ3) is 3.29. The first kappa shape index (κ1) is 13.5. The molecule has 0 aliphatic carbocycles. The van der Waals surface area contributed by atoms with E-state index in [2.05, 4.69) is 5.32 Å². The molecule has 98 valence electrons. The number of carbonyl (C=O) groups excluding carboxylic acids is 1. The Balaban J connectivity index is 2.15. The first-order chi connectivity index (χ1) is 9.10. The molecule has 0 radical (unpaired) electrons. The number of amides is 1. The van der Waals surface area contributed by atoms with Gasteiger partial charge in [0.05, 0.1) is 0 Å². The molecule has 0 saturated heterocycles. The zero-order valence-corrected chi connectivity index (χ0v) is 11.6. The molecule has 2 N–H and O–H groups in total. The molecule has 0 heterocycles. The van der Waals surface area contributed by atoms with Crippen molar-refractivity contribution in [3.63, 3.8) is 0 Å². The Morgan fingerprint density at radius 3 is 2.42 bits per heavy atom. The number of hydrogen-bond donors (Lipinski definition) is 2. The van der Waals surface area contributed by atoms with Crippen molar-refractivity contribution in [2.45, 2.75) is 11.8 Å². The maximum absolute atomic E-state index is 12.1. The summed E-state index contributed by atoms with van der Waals surface area (Å²) in [5, 5.41) is 12.2. The van der Waals surface area contributed by atoms with Gasteiger partial charge in [-0.05, 0) is 61.2 Å². The van der Waals surface area contributed by atoms with Crippen molar-refractivity contribution in [3.05, 3.63) is 53.6 Å². The van der Waals surface area contributed by atoms with E-state index in [0.29, 0.717) is 11.3 Å². The first-order valence-electron chi connectivity index (χ1n) is 5.85. The molecule has 0 unspecified atom stereocenters. The summed E-state index contributed by atoms with van der Waals surface area (Å²) in [5.41, 5.74) is 2.15. The summed E-state index contributed by atoms with van der Waals surface area (Å²) in [6.45, 7) is 1.84. The Bertz CT molecular complexity index is 594. The van der Waals surface area contributed by atoms with E-state index in [1.165, 1.54) is 0 Å². The lowest BCUT2D eigenvalue weighted by Gasteiger charge is -2.09. The Hall–Kier alpha value is -1.94. The quantitative estimate of drug-likeness (QED) is 0.662. The Kier molecular flexibility index (Phi) is 4.12. The second-order valence-electron chi connectivity index (χ2n) is 4.18. The smallest absolute Gasteiger partial charge is 0.255 e. The van der Waals surface area contributed by atoms with Crippen molar-refractivity contribution in [1.82, 2.24) is 0 Å². The summed E-state index contributed by atoms with van der Waals surface area (Å²) >= 11 is 1.64. The third-order valence-corrected chi connectivity index (χ3v) is 3.55. The summed E-state index contributed by atoms with van der Waals surface area (Å²) in [7, 11) is 0. The highest BCUT2D eigenvalue weighted by molar-refractivity contribution is 7.98. The summed E-state index contributed by atoms with van der Waals surface area (Å²) in [6.07, 6.45) is 1.99. The summed E-state index contributed by atoms with van der Waals surface area (Å²) < 4.78 is 0. The van der Waals surface area contributed by atoms with E-state index in [1.54, 1.807) is 42.1 Å². The number of carbonyl (C=O) groups is 1. The van der Waals surface area contributed by atoms with E-state index in [9.17, 15) is 9.90 Å². The van der Waals surface area contributed by atoms with Gasteiger partial charge in [0.2, 0.25) is 0 Å². The van der Waals surface area contributed by atoms with Crippen LogP contribution in [0.3, 0.4) is 0 Å². The lowest BCUT2D eigenvalue weighted by molar-refractivity contribution is 0.102. The number of benzene rings is 2. The molecule has 1 amide bonds. The molecule has 2 aromatic rings. The highest BCUT2D eigenvalue weighted by Gasteiger charge is 2.07. The fraction of sp³-hybridized carbons (Fsp3) is 0.133. The van der Waals surface area contributed by atoms with Crippen LogP contribution in [-0.2, 0) is 0 Å². The average molecular weight is 273 g/mol. The lowest BCUT2D eigenvalue weighted by Crippen LogP contribution is -2.12. The minimum absolute atomic E-state index is 0.151. The molecule has 0 atom stereocenters. The fourth-order valence-electron chi connectivity index (χ4n) is 1.72. The molecule has 0 fully saturated rings. The third-order valence-electron chi connectivity index (χ3n) is 2.81. The maximum atomic E-state index is 12.1. The number of aryl methyl sites for hydroxylation is 1. The SMILES string of the molecule is CSc1ccc(C(=O)Nc2ccc(O)cc2C)cc1. The van der Waals surface area contributed by atoms with Crippen molar-refractivity contribution >= 4 is 23.4 Å². The van der Waals surface area contributed by atoms with E-state index in [-0.39, 0.29) is 11.7 Å². The number of thioether (sulfide) groups is 1. The summed E-state index contributed by atoms with van der Waals surface area (Å²) in [4.78, 5) is 13.2. The molecule has 19 heavy (non-hydrogen) atoms. The molecule has 2 aromatic carbocycles. The molecular formula is C15H15NO2S. The summed E-state index contributed by atoms with van der Waals surface area (Å²) in [6, 6.07) is 12.3. The van der Waals surface area contributed by atoms with Gasteiger partial charge in [-0.15, -0.1) is 11.8 Å². The van der Waals surface area contributed by atoms with Gasteiger partial charge in [0.15, 0.2) is 0 Å². The van der Waals surface area contributed by atoms with Crippen LogP contribution >= 0.6 is 11.8 Å². The molecule has 3 nitrogen and oxygen atoms in total. The predicted molar refractivity (Wildman–Crippen MR) is 79.0 cm³/mol. The molecule has 0 bridgehead atoms. The van der Waals surface area contributed by atoms with E-state index < -0.39 is 0 Å². The van der Waals surface area contributed by atoms with Crippen molar-refractivity contribution in [2.75, 3.05) is 11.6 Å². The van der Waals surface area contributed by atoms with Crippen LogP contribution in [0.15, 0.2) is 47.4 Å². The molecular weight excluding hydrogens is 258 g/mol. The van der Waals surface area contributed by atoms with Gasteiger partial charge in [-0.2, -0.15) is 0 Å². The molecule has 0 aromatic heterocycles. The second kappa shape index (κ2) is 5.80. The fourth-order valence-corrected chi connectivity index (χ4v) is 2.13. The van der Waals surface area contributed by atoms with Crippen molar-refractivity contribution < 1.29 is 9.90 Å². The van der Waals surface area contributed by atoms with Crippen LogP contribution in [0.2, 0.25) is 0 Å². The molecule has 2 rings (SSSR count). The molecule has 0 aliphatic heterocycles. The highest BCUT2D eigenvalue weighted by atomic mass is 32.2. The topological polar surface area (TPSA) is 49.3 Å². The van der Waals surface area contributed by atoms with Crippen molar-refractivity contribution in [1.29, 1.82) is 0 Å². The zero-order chi connectivity index (χ0) is 13.8. The maximum Gasteiger partial charge on any atom is 0.255 e. The van der Waals surface area contributed by atoms with Gasteiger partial charge in [-0.1, -0.05) is 0 Å². The molecule has 0 aliphatic rings. The van der Waals surface area contributed by atoms with E-state index in [0.717, 1.165) is 10.5 Å². The number of phenols is 1. The van der Waals surface area contributed by atoms with Gasteiger partial charge in [-0.25, -0.2) is 0 Å². The average Bonchev–Trinajstić information content (AvgIpc) is 2.42. The van der Waals surface area contributed by atoms with Crippen LogP contribution in [0.25, 0.3) is 0 Å². The van der Waals surface area contributed by atoms with Crippen molar-refractivity contribution in [3.8, 4) is 5.75 Å². The number of rotatable bonds is 3. The minimum Gasteiger partial charge on any atom is -0.508 e. The van der Waals surface area contributed by atoms with Gasteiger partial charge in [0.1, 0.15) is 5.75 Å². The van der Waals surface area contributed by atoms with Crippen molar-refractivity contribution in [2.24, 2.45) is 0 Å². The van der Waals surface area contributed by atoms with Gasteiger partial charge in [0, 0.05) is 16.1 Å². The normalized spacial score (nSPS) is 10.2.